The lowest BCUT2D eigenvalue weighted by molar-refractivity contribution is -0.120. The predicted molar refractivity (Wildman–Crippen MR) is 69.3 cm³/mol. The van der Waals surface area contributed by atoms with E-state index in [0.717, 1.165) is 10.9 Å². The second-order valence-electron chi connectivity index (χ2n) is 3.71. The molecule has 0 saturated heterocycles. The molecule has 0 saturated carbocycles. The van der Waals surface area contributed by atoms with Crippen molar-refractivity contribution >= 4 is 21.8 Å². The molecule has 0 heterocycles. The zero-order chi connectivity index (χ0) is 12.0. The molecule has 0 fully saturated rings. The Hall–Kier alpha value is -0.870. The van der Waals surface area contributed by atoms with Gasteiger partial charge in [0.15, 0.2) is 0 Å². The lowest BCUT2D eigenvalue weighted by atomic mass is 10.1. The highest BCUT2D eigenvalue weighted by Crippen LogP contribution is 2.16. The van der Waals surface area contributed by atoms with Crippen LogP contribution in [0.25, 0.3) is 0 Å². The van der Waals surface area contributed by atoms with E-state index in [1.54, 1.807) is 0 Å². The minimum absolute atomic E-state index is 0.0233. The standard InChI is InChI=1S/C12H17BrN2O/c1-9-2-3-11(13)8-10(9)5-7-15-12(16)4-6-14/h2-3,8H,4-7,14H2,1H3,(H,15,16). The second-order valence-corrected chi connectivity index (χ2v) is 4.63. The molecule has 0 spiro atoms. The Morgan fingerprint density at radius 1 is 1.50 bits per heavy atom. The van der Waals surface area contributed by atoms with E-state index in [9.17, 15) is 4.79 Å². The molecule has 0 aliphatic heterocycles. The van der Waals surface area contributed by atoms with Crippen LogP contribution in [-0.2, 0) is 11.2 Å². The van der Waals surface area contributed by atoms with Gasteiger partial charge in [-0.25, -0.2) is 0 Å². The van der Waals surface area contributed by atoms with Gasteiger partial charge in [-0.3, -0.25) is 4.79 Å². The zero-order valence-corrected chi connectivity index (χ0v) is 11.0. The van der Waals surface area contributed by atoms with Crippen molar-refractivity contribution in [2.75, 3.05) is 13.1 Å². The lowest BCUT2D eigenvalue weighted by Gasteiger charge is -2.07. The summed E-state index contributed by atoms with van der Waals surface area (Å²) >= 11 is 3.44. The fraction of sp³-hybridized carbons (Fsp3) is 0.417. The van der Waals surface area contributed by atoms with E-state index in [4.69, 9.17) is 5.73 Å². The van der Waals surface area contributed by atoms with Gasteiger partial charge in [-0.2, -0.15) is 0 Å². The van der Waals surface area contributed by atoms with E-state index < -0.39 is 0 Å². The highest BCUT2D eigenvalue weighted by Gasteiger charge is 2.01. The molecule has 16 heavy (non-hydrogen) atoms. The van der Waals surface area contributed by atoms with Crippen LogP contribution < -0.4 is 11.1 Å². The van der Waals surface area contributed by atoms with Crippen LogP contribution >= 0.6 is 15.9 Å². The molecular weight excluding hydrogens is 268 g/mol. The van der Waals surface area contributed by atoms with Crippen LogP contribution in [0.4, 0.5) is 0 Å². The van der Waals surface area contributed by atoms with Crippen molar-refractivity contribution in [3.63, 3.8) is 0 Å². The smallest absolute Gasteiger partial charge is 0.221 e. The fourth-order valence-electron chi connectivity index (χ4n) is 1.47. The average molecular weight is 285 g/mol. The Kier molecular flexibility index (Phi) is 5.49. The van der Waals surface area contributed by atoms with Crippen molar-refractivity contribution in [2.24, 2.45) is 5.73 Å². The molecule has 88 valence electrons. The fourth-order valence-corrected chi connectivity index (χ4v) is 1.87. The van der Waals surface area contributed by atoms with Crippen molar-refractivity contribution in [3.05, 3.63) is 33.8 Å². The van der Waals surface area contributed by atoms with Crippen LogP contribution in [0.15, 0.2) is 22.7 Å². The van der Waals surface area contributed by atoms with Crippen molar-refractivity contribution in [1.82, 2.24) is 5.32 Å². The first-order valence-corrected chi connectivity index (χ1v) is 6.14. The summed E-state index contributed by atoms with van der Waals surface area (Å²) in [5.41, 5.74) is 7.79. The monoisotopic (exact) mass is 284 g/mol. The number of nitrogens with two attached hydrogens (primary N) is 1. The first-order valence-electron chi connectivity index (χ1n) is 5.35. The minimum Gasteiger partial charge on any atom is -0.356 e. The third kappa shape index (κ3) is 4.33. The predicted octanol–water partition coefficient (Wildman–Crippen LogP) is 1.77. The number of halogens is 1. The summed E-state index contributed by atoms with van der Waals surface area (Å²) in [7, 11) is 0. The minimum atomic E-state index is 0.0233. The third-order valence-corrected chi connectivity index (χ3v) is 2.89. The van der Waals surface area contributed by atoms with Crippen molar-refractivity contribution in [3.8, 4) is 0 Å². The van der Waals surface area contributed by atoms with Crippen LogP contribution in [0.3, 0.4) is 0 Å². The van der Waals surface area contributed by atoms with Crippen molar-refractivity contribution in [1.29, 1.82) is 0 Å². The quantitative estimate of drug-likeness (QED) is 0.866. The van der Waals surface area contributed by atoms with Gasteiger partial charge >= 0.3 is 0 Å². The number of benzene rings is 1. The Balaban J connectivity index is 2.42. The van der Waals surface area contributed by atoms with E-state index >= 15 is 0 Å². The summed E-state index contributed by atoms with van der Waals surface area (Å²) < 4.78 is 1.07. The average Bonchev–Trinajstić information content (AvgIpc) is 2.23. The highest BCUT2D eigenvalue weighted by atomic mass is 79.9. The number of hydrogen-bond donors (Lipinski definition) is 2. The first kappa shape index (κ1) is 13.2. The molecule has 4 heteroatoms. The maximum absolute atomic E-state index is 11.2. The normalized spacial score (nSPS) is 10.2. The lowest BCUT2D eigenvalue weighted by Crippen LogP contribution is -2.27. The zero-order valence-electron chi connectivity index (χ0n) is 9.42. The molecule has 3 nitrogen and oxygen atoms in total. The van der Waals surface area contributed by atoms with Gasteiger partial charge in [0.25, 0.3) is 0 Å². The summed E-state index contributed by atoms with van der Waals surface area (Å²) in [6.07, 6.45) is 1.25. The van der Waals surface area contributed by atoms with Gasteiger partial charge in [-0.05, 0) is 36.6 Å². The number of rotatable bonds is 5. The number of amides is 1. The van der Waals surface area contributed by atoms with Crippen LogP contribution in [0.5, 0.6) is 0 Å². The van der Waals surface area contributed by atoms with Gasteiger partial charge in [0, 0.05) is 24.0 Å². The Labute approximate surface area is 105 Å². The van der Waals surface area contributed by atoms with E-state index in [0.29, 0.717) is 19.5 Å². The van der Waals surface area contributed by atoms with Crippen LogP contribution in [0, 0.1) is 6.92 Å². The van der Waals surface area contributed by atoms with Gasteiger partial charge in [0.05, 0.1) is 0 Å². The summed E-state index contributed by atoms with van der Waals surface area (Å²) in [4.78, 5) is 11.2. The number of carbonyl (C=O) groups is 1. The molecule has 0 aliphatic carbocycles. The van der Waals surface area contributed by atoms with Crippen molar-refractivity contribution < 1.29 is 4.79 Å². The van der Waals surface area contributed by atoms with Crippen LogP contribution in [0.1, 0.15) is 17.5 Å². The molecule has 0 bridgehead atoms. The first-order chi connectivity index (χ1) is 7.63. The molecule has 3 N–H and O–H groups in total. The van der Waals surface area contributed by atoms with Gasteiger partial charge in [-0.1, -0.05) is 22.0 Å². The maximum Gasteiger partial charge on any atom is 0.221 e. The Morgan fingerprint density at radius 2 is 2.25 bits per heavy atom. The molecule has 1 aromatic rings. The summed E-state index contributed by atoms with van der Waals surface area (Å²) in [6.45, 7) is 3.14. The van der Waals surface area contributed by atoms with Crippen molar-refractivity contribution in [2.45, 2.75) is 19.8 Å². The van der Waals surface area contributed by atoms with Crippen LogP contribution in [0.2, 0.25) is 0 Å². The Morgan fingerprint density at radius 3 is 2.94 bits per heavy atom. The molecule has 0 aliphatic rings. The van der Waals surface area contributed by atoms with Gasteiger partial charge in [-0.15, -0.1) is 0 Å². The molecule has 0 aromatic heterocycles. The highest BCUT2D eigenvalue weighted by molar-refractivity contribution is 9.10. The Bertz CT molecular complexity index is 366. The molecule has 0 atom stereocenters. The SMILES string of the molecule is Cc1ccc(Br)cc1CCNC(=O)CCN. The summed E-state index contributed by atoms with van der Waals surface area (Å²) in [5.74, 6) is 0.0233. The second kappa shape index (κ2) is 6.66. The molecular formula is C12H17BrN2O. The molecule has 1 rings (SSSR count). The molecule has 1 aromatic carbocycles. The number of carbonyl (C=O) groups excluding carboxylic acids is 1. The topological polar surface area (TPSA) is 55.1 Å². The molecule has 1 amide bonds. The number of nitrogens with one attached hydrogen (secondary N) is 1. The van der Waals surface area contributed by atoms with E-state index in [1.807, 2.05) is 6.07 Å². The summed E-state index contributed by atoms with van der Waals surface area (Å²) in [6, 6.07) is 6.18. The van der Waals surface area contributed by atoms with Gasteiger partial charge < -0.3 is 11.1 Å². The van der Waals surface area contributed by atoms with Gasteiger partial charge in [0.2, 0.25) is 5.91 Å². The van der Waals surface area contributed by atoms with E-state index in [2.05, 4.69) is 40.3 Å². The van der Waals surface area contributed by atoms with E-state index in [-0.39, 0.29) is 5.91 Å². The largest absolute Gasteiger partial charge is 0.356 e. The third-order valence-electron chi connectivity index (χ3n) is 2.40. The number of hydrogen-bond acceptors (Lipinski definition) is 2. The van der Waals surface area contributed by atoms with Crippen LogP contribution in [-0.4, -0.2) is 19.0 Å². The van der Waals surface area contributed by atoms with Gasteiger partial charge in [0.1, 0.15) is 0 Å². The van der Waals surface area contributed by atoms with E-state index in [1.165, 1.54) is 11.1 Å². The molecule has 0 radical (unpaired) electrons. The maximum atomic E-state index is 11.2. The summed E-state index contributed by atoms with van der Waals surface area (Å²) in [5, 5.41) is 2.84. The molecule has 0 unspecified atom stereocenters. The number of aryl methyl sites for hydroxylation is 1.